The maximum atomic E-state index is 13.3. The first-order valence-electron chi connectivity index (χ1n) is 8.48. The van der Waals surface area contributed by atoms with Crippen molar-refractivity contribution in [3.63, 3.8) is 0 Å². The highest BCUT2D eigenvalue weighted by atomic mass is 19.1. The minimum atomic E-state index is -0.509. The average Bonchev–Trinajstić information content (AvgIpc) is 2.89. The van der Waals surface area contributed by atoms with E-state index in [9.17, 15) is 9.18 Å². The molecule has 2 aromatic carbocycles. The summed E-state index contributed by atoms with van der Waals surface area (Å²) in [5, 5.41) is 6.07. The number of carbonyl (C=O) groups is 1. The van der Waals surface area contributed by atoms with Gasteiger partial charge in [0.15, 0.2) is 0 Å². The number of hydrogen-bond acceptors (Lipinski definition) is 4. The fourth-order valence-electron chi connectivity index (χ4n) is 3.02. The Bertz CT molecular complexity index is 851. The van der Waals surface area contributed by atoms with Crippen molar-refractivity contribution in [2.75, 3.05) is 24.4 Å². The number of aliphatic imine (C=N–C) groups is 1. The van der Waals surface area contributed by atoms with E-state index in [1.54, 1.807) is 19.4 Å². The Balaban J connectivity index is 1.75. The monoisotopic (exact) mass is 355 g/mol. The third-order valence-electron chi connectivity index (χ3n) is 4.29. The fourth-order valence-corrected chi connectivity index (χ4v) is 3.02. The Kier molecular flexibility index (Phi) is 5.32. The zero-order valence-electron chi connectivity index (χ0n) is 15.0. The second kappa shape index (κ2) is 7.66. The van der Waals surface area contributed by atoms with Gasteiger partial charge < -0.3 is 15.4 Å². The number of anilines is 2. The van der Waals surface area contributed by atoms with Crippen molar-refractivity contribution in [1.29, 1.82) is 0 Å². The number of ether oxygens (including phenoxy) is 1. The maximum absolute atomic E-state index is 13.3. The van der Waals surface area contributed by atoms with Gasteiger partial charge in [0.2, 0.25) is 5.91 Å². The molecule has 1 aliphatic rings. The number of nitrogens with zero attached hydrogens (tertiary/aromatic N) is 1. The number of benzene rings is 2. The Labute approximate surface area is 152 Å². The Morgan fingerprint density at radius 2 is 2.15 bits per heavy atom. The molecular weight excluding hydrogens is 333 g/mol. The van der Waals surface area contributed by atoms with Crippen LogP contribution in [0.5, 0.6) is 0 Å². The molecule has 0 fully saturated rings. The lowest BCUT2D eigenvalue weighted by Gasteiger charge is -2.16. The summed E-state index contributed by atoms with van der Waals surface area (Å²) in [6, 6.07) is 10.3. The predicted molar refractivity (Wildman–Crippen MR) is 102 cm³/mol. The van der Waals surface area contributed by atoms with Gasteiger partial charge in [-0.3, -0.25) is 9.79 Å². The van der Waals surface area contributed by atoms with Gasteiger partial charge in [-0.1, -0.05) is 6.07 Å². The molecule has 136 valence electrons. The number of carbonyl (C=O) groups excluding carboxylic acids is 1. The van der Waals surface area contributed by atoms with Gasteiger partial charge in [-0.05, 0) is 55.3 Å². The summed E-state index contributed by atoms with van der Waals surface area (Å²) in [5.74, 6) is -1.08. The molecule has 26 heavy (non-hydrogen) atoms. The SMILES string of the molecule is COCC(C)Nc1ccc(N=CC2C(=O)Nc3cc(F)ccc32)cc1C. The van der Waals surface area contributed by atoms with Gasteiger partial charge in [-0.15, -0.1) is 0 Å². The highest BCUT2D eigenvalue weighted by Gasteiger charge is 2.29. The first-order chi connectivity index (χ1) is 12.5. The Morgan fingerprint density at radius 3 is 2.88 bits per heavy atom. The second-order valence-electron chi connectivity index (χ2n) is 6.48. The van der Waals surface area contributed by atoms with E-state index in [1.807, 2.05) is 32.0 Å². The molecule has 2 unspecified atom stereocenters. The summed E-state index contributed by atoms with van der Waals surface area (Å²) in [4.78, 5) is 16.6. The molecule has 1 amide bonds. The lowest BCUT2D eigenvalue weighted by Crippen LogP contribution is -2.21. The molecule has 0 radical (unpaired) electrons. The Hall–Kier alpha value is -2.73. The molecule has 2 aromatic rings. The third-order valence-corrected chi connectivity index (χ3v) is 4.29. The molecule has 5 nitrogen and oxygen atoms in total. The van der Waals surface area contributed by atoms with Crippen LogP contribution in [-0.2, 0) is 9.53 Å². The van der Waals surface area contributed by atoms with Crippen LogP contribution in [0, 0.1) is 12.7 Å². The van der Waals surface area contributed by atoms with Crippen molar-refractivity contribution < 1.29 is 13.9 Å². The standard InChI is InChI=1S/C20H22FN3O2/c1-12-8-15(5-7-18(12)23-13(2)11-26-3)22-10-17-16-6-4-14(21)9-19(16)24-20(17)25/h4-10,13,17,23H,11H2,1-3H3,(H,24,25). The zero-order valence-corrected chi connectivity index (χ0v) is 15.0. The first-order valence-corrected chi connectivity index (χ1v) is 8.48. The van der Waals surface area contributed by atoms with Crippen LogP contribution in [0.3, 0.4) is 0 Å². The second-order valence-corrected chi connectivity index (χ2v) is 6.48. The third kappa shape index (κ3) is 3.91. The van der Waals surface area contributed by atoms with Crippen molar-refractivity contribution in [2.45, 2.75) is 25.8 Å². The van der Waals surface area contributed by atoms with Gasteiger partial charge >= 0.3 is 0 Å². The molecule has 2 N–H and O–H groups in total. The lowest BCUT2D eigenvalue weighted by atomic mass is 10.0. The quantitative estimate of drug-likeness (QED) is 0.770. The number of hydrogen-bond donors (Lipinski definition) is 2. The summed E-state index contributed by atoms with van der Waals surface area (Å²) in [6.07, 6.45) is 1.61. The molecule has 0 aromatic heterocycles. The molecule has 6 heteroatoms. The van der Waals surface area contributed by atoms with E-state index in [1.165, 1.54) is 12.1 Å². The predicted octanol–water partition coefficient (Wildman–Crippen LogP) is 4.02. The van der Waals surface area contributed by atoms with Crippen LogP contribution in [0.1, 0.15) is 24.0 Å². The molecule has 0 spiro atoms. The Morgan fingerprint density at radius 1 is 1.35 bits per heavy atom. The van der Waals surface area contributed by atoms with Crippen LogP contribution in [-0.4, -0.2) is 31.9 Å². The molecule has 0 aliphatic carbocycles. The molecule has 3 rings (SSSR count). The van der Waals surface area contributed by atoms with Gasteiger partial charge in [-0.25, -0.2) is 4.39 Å². The highest BCUT2D eigenvalue weighted by Crippen LogP contribution is 2.32. The van der Waals surface area contributed by atoms with E-state index < -0.39 is 5.92 Å². The van der Waals surface area contributed by atoms with Crippen LogP contribution in [0.4, 0.5) is 21.5 Å². The number of amides is 1. The number of nitrogens with one attached hydrogen (secondary N) is 2. The molecule has 1 heterocycles. The first kappa shape index (κ1) is 18.1. The van der Waals surface area contributed by atoms with Crippen molar-refractivity contribution >= 4 is 29.2 Å². The molecule has 0 saturated heterocycles. The van der Waals surface area contributed by atoms with Crippen molar-refractivity contribution in [3.8, 4) is 0 Å². The van der Waals surface area contributed by atoms with Gasteiger partial charge in [0.05, 0.1) is 12.3 Å². The van der Waals surface area contributed by atoms with E-state index in [4.69, 9.17) is 4.74 Å². The number of fused-ring (bicyclic) bond motifs is 1. The van der Waals surface area contributed by atoms with Gasteiger partial charge in [-0.2, -0.15) is 0 Å². The average molecular weight is 355 g/mol. The van der Waals surface area contributed by atoms with E-state index in [0.717, 1.165) is 22.5 Å². The van der Waals surface area contributed by atoms with Crippen LogP contribution in [0.2, 0.25) is 0 Å². The number of rotatable bonds is 6. The van der Waals surface area contributed by atoms with Crippen LogP contribution in [0.15, 0.2) is 41.4 Å². The van der Waals surface area contributed by atoms with Crippen molar-refractivity contribution in [1.82, 2.24) is 0 Å². The summed E-state index contributed by atoms with van der Waals surface area (Å²) in [7, 11) is 1.68. The smallest absolute Gasteiger partial charge is 0.237 e. The molecular formula is C20H22FN3O2. The number of methoxy groups -OCH3 is 1. The molecule has 0 saturated carbocycles. The van der Waals surface area contributed by atoms with E-state index >= 15 is 0 Å². The summed E-state index contributed by atoms with van der Waals surface area (Å²) >= 11 is 0. The van der Waals surface area contributed by atoms with Crippen LogP contribution >= 0.6 is 0 Å². The lowest BCUT2D eigenvalue weighted by molar-refractivity contribution is -0.115. The van der Waals surface area contributed by atoms with Crippen LogP contribution in [0.25, 0.3) is 0 Å². The van der Waals surface area contributed by atoms with E-state index in [2.05, 4.69) is 15.6 Å². The minimum Gasteiger partial charge on any atom is -0.383 e. The summed E-state index contributed by atoms with van der Waals surface area (Å²) in [6.45, 7) is 4.67. The van der Waals surface area contributed by atoms with Crippen LogP contribution < -0.4 is 10.6 Å². The van der Waals surface area contributed by atoms with Crippen molar-refractivity contribution in [3.05, 3.63) is 53.3 Å². The maximum Gasteiger partial charge on any atom is 0.237 e. The molecule has 1 aliphatic heterocycles. The number of aryl methyl sites for hydroxylation is 1. The summed E-state index contributed by atoms with van der Waals surface area (Å²) < 4.78 is 18.4. The van der Waals surface area contributed by atoms with Gasteiger partial charge in [0.25, 0.3) is 0 Å². The summed E-state index contributed by atoms with van der Waals surface area (Å²) in [5.41, 5.74) is 4.09. The van der Waals surface area contributed by atoms with Gasteiger partial charge in [0.1, 0.15) is 11.7 Å². The molecule has 0 bridgehead atoms. The van der Waals surface area contributed by atoms with Crippen molar-refractivity contribution in [2.24, 2.45) is 4.99 Å². The van der Waals surface area contributed by atoms with E-state index in [0.29, 0.717) is 12.3 Å². The topological polar surface area (TPSA) is 62.7 Å². The molecule has 2 atom stereocenters. The fraction of sp³-hybridized carbons (Fsp3) is 0.300. The highest BCUT2D eigenvalue weighted by molar-refractivity contribution is 6.12. The van der Waals surface area contributed by atoms with Gasteiger partial charge in [0, 0.05) is 30.7 Å². The van der Waals surface area contributed by atoms with E-state index in [-0.39, 0.29) is 17.8 Å². The minimum absolute atomic E-state index is 0.197. The largest absolute Gasteiger partial charge is 0.383 e. The zero-order chi connectivity index (χ0) is 18.7. The number of halogens is 1. The normalized spacial score (nSPS) is 17.2.